The zero-order valence-electron chi connectivity index (χ0n) is 10.3. The second-order valence-electron chi connectivity index (χ2n) is 3.88. The van der Waals surface area contributed by atoms with Gasteiger partial charge in [-0.3, -0.25) is 0 Å². The molecule has 0 atom stereocenters. The smallest absolute Gasteiger partial charge is 0.476 e. The highest BCUT2D eigenvalue weighted by atomic mass is 32.1. The third-order valence-electron chi connectivity index (χ3n) is 2.28. The van der Waals surface area contributed by atoms with Crippen LogP contribution in [0.3, 0.4) is 0 Å². The lowest BCUT2D eigenvalue weighted by Gasteiger charge is -2.10. The van der Waals surface area contributed by atoms with E-state index in [0.29, 0.717) is 11.4 Å². The molecule has 2 rings (SSSR count). The zero-order valence-corrected chi connectivity index (χ0v) is 11.2. The highest BCUT2D eigenvalue weighted by Gasteiger charge is 2.31. The monoisotopic (exact) mass is 318 g/mol. The number of aromatic carboxylic acids is 1. The summed E-state index contributed by atoms with van der Waals surface area (Å²) in [5.74, 6) is -1.45. The van der Waals surface area contributed by atoms with Gasteiger partial charge < -0.3 is 15.2 Å². The van der Waals surface area contributed by atoms with Crippen molar-refractivity contribution in [3.8, 4) is 5.75 Å². The summed E-state index contributed by atoms with van der Waals surface area (Å²) in [6.07, 6.45) is -4.75. The molecule has 0 bridgehead atoms. The summed E-state index contributed by atoms with van der Waals surface area (Å²) in [4.78, 5) is 14.5. The number of ether oxygens (including phenoxy) is 1. The van der Waals surface area contributed by atoms with Crippen molar-refractivity contribution in [1.82, 2.24) is 4.98 Å². The fraction of sp³-hybridized carbons (Fsp3) is 0.167. The van der Waals surface area contributed by atoms with E-state index in [1.54, 1.807) is 11.4 Å². The first-order chi connectivity index (χ1) is 9.83. The van der Waals surface area contributed by atoms with Crippen LogP contribution in [-0.2, 0) is 6.54 Å². The minimum absolute atomic E-state index is 0.0408. The van der Waals surface area contributed by atoms with Crippen LogP contribution in [0.1, 0.15) is 15.5 Å². The van der Waals surface area contributed by atoms with Gasteiger partial charge in [0.1, 0.15) is 5.75 Å². The molecule has 21 heavy (non-hydrogen) atoms. The third kappa shape index (κ3) is 4.63. The Hall–Kier alpha value is -2.29. The van der Waals surface area contributed by atoms with Crippen LogP contribution in [0.2, 0.25) is 0 Å². The van der Waals surface area contributed by atoms with Crippen molar-refractivity contribution in [2.45, 2.75) is 12.9 Å². The van der Waals surface area contributed by atoms with Crippen LogP contribution in [0.5, 0.6) is 5.75 Å². The van der Waals surface area contributed by atoms with E-state index in [-0.39, 0.29) is 17.3 Å². The van der Waals surface area contributed by atoms with Crippen molar-refractivity contribution in [3.63, 3.8) is 0 Å². The average molecular weight is 318 g/mol. The molecule has 2 N–H and O–H groups in total. The van der Waals surface area contributed by atoms with Crippen molar-refractivity contribution in [2.24, 2.45) is 0 Å². The molecule has 0 spiro atoms. The Labute approximate surface area is 121 Å². The number of carbonyl (C=O) groups is 1. The second kappa shape index (κ2) is 6.00. The average Bonchev–Trinajstić information content (AvgIpc) is 2.83. The molecule has 0 saturated carbocycles. The summed E-state index contributed by atoms with van der Waals surface area (Å²) < 4.78 is 40.1. The Balaban J connectivity index is 1.99. The van der Waals surface area contributed by atoms with Crippen molar-refractivity contribution >= 4 is 23.0 Å². The van der Waals surface area contributed by atoms with E-state index < -0.39 is 12.3 Å². The van der Waals surface area contributed by atoms with Crippen LogP contribution in [0.4, 0.5) is 18.9 Å². The van der Waals surface area contributed by atoms with Gasteiger partial charge in [-0.1, -0.05) is 6.07 Å². The van der Waals surface area contributed by atoms with Gasteiger partial charge in [-0.25, -0.2) is 9.78 Å². The van der Waals surface area contributed by atoms with Crippen molar-refractivity contribution in [3.05, 3.63) is 40.3 Å². The maximum Gasteiger partial charge on any atom is 0.573 e. The number of carboxylic acid groups (broad SMARTS) is 1. The summed E-state index contributed by atoms with van der Waals surface area (Å²) in [5, 5.41) is 13.1. The summed E-state index contributed by atoms with van der Waals surface area (Å²) >= 11 is 0.980. The Morgan fingerprint density at radius 2 is 2.19 bits per heavy atom. The number of benzene rings is 1. The lowest BCUT2D eigenvalue weighted by Crippen LogP contribution is -2.17. The van der Waals surface area contributed by atoms with Gasteiger partial charge in [0.2, 0.25) is 5.01 Å². The number of thiazole rings is 1. The van der Waals surface area contributed by atoms with Gasteiger partial charge in [0.25, 0.3) is 0 Å². The number of nitrogens with zero attached hydrogens (tertiary/aromatic N) is 1. The molecule has 2 aromatic rings. The molecule has 5 nitrogen and oxygen atoms in total. The van der Waals surface area contributed by atoms with Crippen LogP contribution < -0.4 is 10.1 Å². The van der Waals surface area contributed by atoms with Gasteiger partial charge in [-0.05, 0) is 12.1 Å². The summed E-state index contributed by atoms with van der Waals surface area (Å²) in [7, 11) is 0. The zero-order chi connectivity index (χ0) is 15.5. The van der Waals surface area contributed by atoms with Crippen molar-refractivity contribution < 1.29 is 27.8 Å². The molecule has 0 radical (unpaired) electrons. The molecular weight excluding hydrogens is 309 g/mol. The van der Waals surface area contributed by atoms with Gasteiger partial charge in [-0.2, -0.15) is 0 Å². The quantitative estimate of drug-likeness (QED) is 0.884. The predicted octanol–water partition coefficient (Wildman–Crippen LogP) is 3.35. The highest BCUT2D eigenvalue weighted by Crippen LogP contribution is 2.25. The minimum atomic E-state index is -4.75. The van der Waals surface area contributed by atoms with E-state index in [1.165, 1.54) is 18.2 Å². The van der Waals surface area contributed by atoms with Crippen LogP contribution in [0, 0.1) is 0 Å². The van der Waals surface area contributed by atoms with Crippen LogP contribution in [-0.4, -0.2) is 22.4 Å². The normalized spacial score (nSPS) is 11.2. The molecular formula is C12H9F3N2O3S. The van der Waals surface area contributed by atoms with E-state index >= 15 is 0 Å². The molecule has 0 unspecified atom stereocenters. The number of aromatic nitrogens is 1. The largest absolute Gasteiger partial charge is 0.573 e. The molecule has 9 heteroatoms. The molecule has 0 saturated heterocycles. The first-order valence-electron chi connectivity index (χ1n) is 5.61. The highest BCUT2D eigenvalue weighted by molar-refractivity contribution is 7.11. The maximum atomic E-state index is 12.1. The van der Waals surface area contributed by atoms with Crippen molar-refractivity contribution in [2.75, 3.05) is 5.32 Å². The van der Waals surface area contributed by atoms with Crippen molar-refractivity contribution in [1.29, 1.82) is 0 Å². The van der Waals surface area contributed by atoms with E-state index in [2.05, 4.69) is 15.0 Å². The summed E-state index contributed by atoms with van der Waals surface area (Å²) in [5.41, 5.74) is 0.890. The molecule has 112 valence electrons. The fourth-order valence-corrected chi connectivity index (χ4v) is 2.14. The summed E-state index contributed by atoms with van der Waals surface area (Å²) in [6, 6.07) is 5.35. The van der Waals surface area contributed by atoms with Crippen LogP contribution >= 0.6 is 11.3 Å². The maximum absolute atomic E-state index is 12.1. The Morgan fingerprint density at radius 1 is 1.43 bits per heavy atom. The molecule has 0 aliphatic carbocycles. The topological polar surface area (TPSA) is 71.5 Å². The molecule has 1 aromatic heterocycles. The number of hydrogen-bond donors (Lipinski definition) is 2. The number of rotatable bonds is 5. The van der Waals surface area contributed by atoms with E-state index in [1.807, 2.05) is 0 Å². The van der Waals surface area contributed by atoms with E-state index in [4.69, 9.17) is 5.11 Å². The van der Waals surface area contributed by atoms with E-state index in [0.717, 1.165) is 11.3 Å². The third-order valence-corrected chi connectivity index (χ3v) is 3.16. The minimum Gasteiger partial charge on any atom is -0.476 e. The Morgan fingerprint density at radius 3 is 2.81 bits per heavy atom. The number of halogens is 3. The molecule has 0 aliphatic rings. The predicted molar refractivity (Wildman–Crippen MR) is 69.5 cm³/mol. The lowest BCUT2D eigenvalue weighted by molar-refractivity contribution is -0.274. The summed E-state index contributed by atoms with van der Waals surface area (Å²) in [6.45, 7) is 0.194. The van der Waals surface area contributed by atoms with E-state index in [9.17, 15) is 18.0 Å². The number of nitrogens with one attached hydrogen (secondary N) is 1. The first kappa shape index (κ1) is 15.1. The number of anilines is 1. The second-order valence-corrected chi connectivity index (χ2v) is 4.74. The van der Waals surface area contributed by atoms with Gasteiger partial charge in [0.15, 0.2) is 0 Å². The van der Waals surface area contributed by atoms with Gasteiger partial charge >= 0.3 is 12.3 Å². The first-order valence-corrected chi connectivity index (χ1v) is 6.49. The van der Waals surface area contributed by atoms with Crippen LogP contribution in [0.25, 0.3) is 0 Å². The molecule has 0 aliphatic heterocycles. The number of hydrogen-bond acceptors (Lipinski definition) is 5. The fourth-order valence-electron chi connectivity index (χ4n) is 1.48. The Kier molecular flexibility index (Phi) is 4.32. The van der Waals surface area contributed by atoms with Crippen LogP contribution in [0.15, 0.2) is 29.6 Å². The van der Waals surface area contributed by atoms with Gasteiger partial charge in [-0.15, -0.1) is 24.5 Å². The standard InChI is InChI=1S/C12H9F3N2O3S/c13-12(14,15)20-9-3-1-2-7(4-9)16-5-8-6-21-10(17-8)11(18)19/h1-4,6,16H,5H2,(H,18,19). The molecule has 1 heterocycles. The number of carboxylic acids is 1. The SMILES string of the molecule is O=C(O)c1nc(CNc2cccc(OC(F)(F)F)c2)cs1. The number of alkyl halides is 3. The molecule has 1 aromatic carbocycles. The van der Waals surface area contributed by atoms with Gasteiger partial charge in [0.05, 0.1) is 12.2 Å². The molecule has 0 amide bonds. The van der Waals surface area contributed by atoms with Gasteiger partial charge in [0, 0.05) is 17.1 Å². The molecule has 0 fully saturated rings. The lowest BCUT2D eigenvalue weighted by atomic mass is 10.3. The Bertz CT molecular complexity index is 643.